The number of hydrogen-bond donors (Lipinski definition) is 1. The van der Waals surface area contributed by atoms with Gasteiger partial charge in [0.25, 0.3) is 0 Å². The van der Waals surface area contributed by atoms with Crippen LogP contribution in [0.3, 0.4) is 0 Å². The molecule has 21 heavy (non-hydrogen) atoms. The van der Waals surface area contributed by atoms with Gasteiger partial charge < -0.3 is 20.2 Å². The van der Waals surface area contributed by atoms with E-state index in [1.807, 2.05) is 19.1 Å². The van der Waals surface area contributed by atoms with E-state index >= 15 is 0 Å². The Kier molecular flexibility index (Phi) is 4.65. The molecule has 2 rings (SSSR count). The summed E-state index contributed by atoms with van der Waals surface area (Å²) in [5.41, 5.74) is 1.40. The number of hydrogen-bond acceptors (Lipinski definition) is 6. The summed E-state index contributed by atoms with van der Waals surface area (Å²) >= 11 is 0. The van der Waals surface area contributed by atoms with Crippen molar-refractivity contribution in [2.24, 2.45) is 0 Å². The van der Waals surface area contributed by atoms with Gasteiger partial charge in [0.1, 0.15) is 18.1 Å². The summed E-state index contributed by atoms with van der Waals surface area (Å²) in [6, 6.07) is 6.93. The van der Waals surface area contributed by atoms with Crippen molar-refractivity contribution in [2.45, 2.75) is 20.5 Å². The summed E-state index contributed by atoms with van der Waals surface area (Å²) in [7, 11) is 0. The second-order valence-corrected chi connectivity index (χ2v) is 4.40. The summed E-state index contributed by atoms with van der Waals surface area (Å²) < 4.78 is 5.47. The first kappa shape index (κ1) is 14.7. The van der Waals surface area contributed by atoms with Gasteiger partial charge in [0.15, 0.2) is 0 Å². The van der Waals surface area contributed by atoms with Gasteiger partial charge in [-0.2, -0.15) is 0 Å². The van der Waals surface area contributed by atoms with Crippen molar-refractivity contribution in [1.82, 2.24) is 9.97 Å². The Hall–Kier alpha value is -2.70. The standard InChI is InChI=1S/C14H16N4O3/c1-3-15-13-7-5-11(8-16-13)9-21-12-6-4-10(2)17-14(12)18(19)20/h4-8H,3,9H2,1-2H3,(H,15,16). The normalized spacial score (nSPS) is 10.2. The second-order valence-electron chi connectivity index (χ2n) is 4.40. The zero-order chi connectivity index (χ0) is 15.2. The van der Waals surface area contributed by atoms with Crippen LogP contribution in [0, 0.1) is 17.0 Å². The van der Waals surface area contributed by atoms with Gasteiger partial charge >= 0.3 is 5.82 Å². The van der Waals surface area contributed by atoms with E-state index in [0.717, 1.165) is 17.9 Å². The highest BCUT2D eigenvalue weighted by Gasteiger charge is 2.17. The number of aryl methyl sites for hydroxylation is 1. The van der Waals surface area contributed by atoms with Crippen LogP contribution in [0.1, 0.15) is 18.2 Å². The van der Waals surface area contributed by atoms with Crippen LogP contribution in [-0.2, 0) is 6.61 Å². The molecule has 2 aromatic heterocycles. The minimum absolute atomic E-state index is 0.154. The number of ether oxygens (including phenoxy) is 1. The molecule has 0 aliphatic carbocycles. The lowest BCUT2D eigenvalue weighted by Gasteiger charge is -2.07. The lowest BCUT2D eigenvalue weighted by molar-refractivity contribution is -0.390. The lowest BCUT2D eigenvalue weighted by atomic mass is 10.3. The predicted molar refractivity (Wildman–Crippen MR) is 78.4 cm³/mol. The molecule has 0 aromatic carbocycles. The number of nitrogens with one attached hydrogen (secondary N) is 1. The van der Waals surface area contributed by atoms with Crippen molar-refractivity contribution < 1.29 is 9.66 Å². The zero-order valence-electron chi connectivity index (χ0n) is 11.9. The van der Waals surface area contributed by atoms with Crippen LogP contribution in [0.5, 0.6) is 5.75 Å². The van der Waals surface area contributed by atoms with E-state index < -0.39 is 4.92 Å². The van der Waals surface area contributed by atoms with Gasteiger partial charge in [0, 0.05) is 25.2 Å². The summed E-state index contributed by atoms with van der Waals surface area (Å²) in [5.74, 6) is 0.665. The third kappa shape index (κ3) is 3.88. The number of nitro groups is 1. The Morgan fingerprint density at radius 2 is 2.14 bits per heavy atom. The minimum atomic E-state index is -0.547. The Labute approximate surface area is 122 Å². The molecule has 0 atom stereocenters. The molecule has 0 saturated carbocycles. The molecule has 0 aliphatic rings. The van der Waals surface area contributed by atoms with Crippen LogP contribution in [0.15, 0.2) is 30.5 Å². The summed E-state index contributed by atoms with van der Waals surface area (Å²) in [5, 5.41) is 14.0. The van der Waals surface area contributed by atoms with Crippen molar-refractivity contribution in [2.75, 3.05) is 11.9 Å². The molecule has 110 valence electrons. The summed E-state index contributed by atoms with van der Waals surface area (Å²) in [6.45, 7) is 4.68. The van der Waals surface area contributed by atoms with E-state index in [2.05, 4.69) is 15.3 Å². The topological polar surface area (TPSA) is 90.2 Å². The number of anilines is 1. The van der Waals surface area contributed by atoms with Crippen molar-refractivity contribution in [3.8, 4) is 5.75 Å². The molecule has 0 saturated heterocycles. The van der Waals surface area contributed by atoms with Crippen LogP contribution in [0.2, 0.25) is 0 Å². The van der Waals surface area contributed by atoms with Crippen molar-refractivity contribution in [3.63, 3.8) is 0 Å². The predicted octanol–water partition coefficient (Wildman–Crippen LogP) is 2.70. The Balaban J connectivity index is 2.07. The molecular formula is C14H16N4O3. The van der Waals surface area contributed by atoms with Crippen LogP contribution in [0.25, 0.3) is 0 Å². The molecule has 2 heterocycles. The van der Waals surface area contributed by atoms with E-state index in [1.54, 1.807) is 25.3 Å². The average molecular weight is 288 g/mol. The largest absolute Gasteiger partial charge is 0.481 e. The van der Waals surface area contributed by atoms with Gasteiger partial charge in [-0.05, 0) is 35.0 Å². The maximum Gasteiger partial charge on any atom is 0.406 e. The smallest absolute Gasteiger partial charge is 0.406 e. The highest BCUT2D eigenvalue weighted by atomic mass is 16.6. The van der Waals surface area contributed by atoms with Crippen LogP contribution in [-0.4, -0.2) is 21.4 Å². The van der Waals surface area contributed by atoms with E-state index in [9.17, 15) is 10.1 Å². The molecule has 0 radical (unpaired) electrons. The number of pyridine rings is 2. The molecular weight excluding hydrogens is 272 g/mol. The number of aromatic nitrogens is 2. The van der Waals surface area contributed by atoms with Gasteiger partial charge in [-0.3, -0.25) is 0 Å². The molecule has 0 fully saturated rings. The highest BCUT2D eigenvalue weighted by Crippen LogP contribution is 2.25. The van der Waals surface area contributed by atoms with Gasteiger partial charge in [-0.15, -0.1) is 0 Å². The fraction of sp³-hybridized carbons (Fsp3) is 0.286. The first-order chi connectivity index (χ1) is 10.1. The average Bonchev–Trinajstić information content (AvgIpc) is 2.47. The highest BCUT2D eigenvalue weighted by molar-refractivity contribution is 5.40. The van der Waals surface area contributed by atoms with Gasteiger partial charge in [-0.25, -0.2) is 4.98 Å². The monoisotopic (exact) mass is 288 g/mol. The first-order valence-electron chi connectivity index (χ1n) is 6.53. The molecule has 1 N–H and O–H groups in total. The summed E-state index contributed by atoms with van der Waals surface area (Å²) in [4.78, 5) is 18.5. The molecule has 2 aromatic rings. The maximum absolute atomic E-state index is 10.9. The number of nitrogens with zero attached hydrogens (tertiary/aromatic N) is 3. The van der Waals surface area contributed by atoms with Gasteiger partial charge in [0.2, 0.25) is 5.75 Å². The Bertz CT molecular complexity index is 629. The molecule has 7 heteroatoms. The maximum atomic E-state index is 10.9. The van der Waals surface area contributed by atoms with Crippen molar-refractivity contribution in [1.29, 1.82) is 0 Å². The molecule has 0 spiro atoms. The molecule has 7 nitrogen and oxygen atoms in total. The zero-order valence-corrected chi connectivity index (χ0v) is 11.9. The van der Waals surface area contributed by atoms with Crippen molar-refractivity contribution in [3.05, 3.63) is 51.8 Å². The van der Waals surface area contributed by atoms with Gasteiger partial charge in [0.05, 0.1) is 0 Å². The fourth-order valence-corrected chi connectivity index (χ4v) is 1.73. The van der Waals surface area contributed by atoms with Gasteiger partial charge in [-0.1, -0.05) is 6.07 Å². The quantitative estimate of drug-likeness (QED) is 0.649. The second kappa shape index (κ2) is 6.65. The number of rotatable bonds is 6. The molecule has 0 bridgehead atoms. The fourth-order valence-electron chi connectivity index (χ4n) is 1.73. The van der Waals surface area contributed by atoms with Crippen LogP contribution >= 0.6 is 0 Å². The SMILES string of the molecule is CCNc1ccc(COc2ccc(C)nc2[N+](=O)[O-])cn1. The Morgan fingerprint density at radius 1 is 1.33 bits per heavy atom. The van der Waals surface area contributed by atoms with E-state index in [4.69, 9.17) is 4.74 Å². The minimum Gasteiger partial charge on any atom is -0.481 e. The molecule has 0 amide bonds. The third-order valence-electron chi connectivity index (χ3n) is 2.73. The molecule has 0 unspecified atom stereocenters. The Morgan fingerprint density at radius 3 is 2.76 bits per heavy atom. The summed E-state index contributed by atoms with van der Waals surface area (Å²) in [6.07, 6.45) is 1.67. The van der Waals surface area contributed by atoms with Crippen LogP contribution < -0.4 is 10.1 Å². The van der Waals surface area contributed by atoms with Crippen molar-refractivity contribution >= 4 is 11.6 Å². The van der Waals surface area contributed by atoms with E-state index in [-0.39, 0.29) is 18.2 Å². The lowest BCUT2D eigenvalue weighted by Crippen LogP contribution is -2.03. The first-order valence-corrected chi connectivity index (χ1v) is 6.53. The molecule has 0 aliphatic heterocycles. The van der Waals surface area contributed by atoms with E-state index in [0.29, 0.717) is 5.69 Å². The van der Waals surface area contributed by atoms with E-state index in [1.165, 1.54) is 0 Å². The van der Waals surface area contributed by atoms with Crippen LogP contribution in [0.4, 0.5) is 11.6 Å². The third-order valence-corrected chi connectivity index (χ3v) is 2.73.